The van der Waals surface area contributed by atoms with Crippen LogP contribution in [-0.4, -0.2) is 33.2 Å². The predicted octanol–water partition coefficient (Wildman–Crippen LogP) is 11.3. The van der Waals surface area contributed by atoms with Crippen LogP contribution < -0.4 is 5.48 Å². The van der Waals surface area contributed by atoms with E-state index >= 15 is 0 Å². The van der Waals surface area contributed by atoms with Crippen molar-refractivity contribution in [1.82, 2.24) is 24.9 Å². The molecule has 0 atom stereocenters. The summed E-state index contributed by atoms with van der Waals surface area (Å²) in [5.74, 6) is 0.949. The number of hydrogen-bond acceptors (Lipinski definition) is 5. The number of rotatable bonds is 7. The molecule has 6 heteroatoms. The molecule has 274 valence electrons. The van der Waals surface area contributed by atoms with Gasteiger partial charge in [-0.25, -0.2) is 4.98 Å². The van der Waals surface area contributed by atoms with Crippen molar-refractivity contribution in [2.24, 2.45) is 7.05 Å². The van der Waals surface area contributed by atoms with E-state index in [1.54, 1.807) is 0 Å². The molecule has 0 spiro atoms. The summed E-state index contributed by atoms with van der Waals surface area (Å²) in [6, 6.07) is 43.2. The van der Waals surface area contributed by atoms with E-state index in [1.807, 2.05) is 18.2 Å². The fraction of sp³-hybridized carbons (Fsp3) is 0.184. The fourth-order valence-electron chi connectivity index (χ4n) is 8.54. The Balaban J connectivity index is 1.24. The molecule has 3 heterocycles. The number of pyridine rings is 1. The van der Waals surface area contributed by atoms with Crippen LogP contribution in [0.25, 0.3) is 67.6 Å². The Labute approximate surface area is 324 Å². The summed E-state index contributed by atoms with van der Waals surface area (Å²) in [6.07, 6.45) is 0. The third kappa shape index (κ3) is 6.53. The maximum absolute atomic E-state index is 5.72. The molecule has 8 rings (SSSR count). The minimum absolute atomic E-state index is 0.445. The van der Waals surface area contributed by atoms with Gasteiger partial charge in [-0.05, 0) is 86.6 Å². The normalized spacial score (nSPS) is 13.0. The van der Waals surface area contributed by atoms with E-state index in [0.29, 0.717) is 6.73 Å². The maximum atomic E-state index is 5.72. The van der Waals surface area contributed by atoms with Gasteiger partial charge in [-0.1, -0.05) is 115 Å². The summed E-state index contributed by atoms with van der Waals surface area (Å²) in [5, 5.41) is 0. The summed E-state index contributed by atoms with van der Waals surface area (Å²) < 4.78 is 2.28. The van der Waals surface area contributed by atoms with Crippen molar-refractivity contribution in [3.05, 3.63) is 166 Å². The first-order chi connectivity index (χ1) is 26.6. The van der Waals surface area contributed by atoms with Crippen molar-refractivity contribution in [2.45, 2.75) is 41.5 Å². The van der Waals surface area contributed by atoms with E-state index in [1.165, 1.54) is 44.5 Å². The standard InChI is InChI=1S/C49H47N5O/c1-30-27-31(2)43(34(5)42(30)36-19-21-37(22-20-36)44-32(3)28-33(4)50-35(44)6)49-51-45(48(54(49)8)40-17-13-10-14-18-40)39-23-25-41(26-24-39)47-46(52-55-29-53(47)7)38-15-11-9-12-16-38/h9-28,52H,29H2,1-8H3. The first kappa shape index (κ1) is 35.8. The van der Waals surface area contributed by atoms with Crippen LogP contribution in [0.5, 0.6) is 0 Å². The van der Waals surface area contributed by atoms with Crippen LogP contribution in [0, 0.1) is 41.5 Å². The monoisotopic (exact) mass is 721 g/mol. The van der Waals surface area contributed by atoms with Gasteiger partial charge in [0.1, 0.15) is 12.6 Å². The number of hydroxylamine groups is 1. The molecule has 0 bridgehead atoms. The summed E-state index contributed by atoms with van der Waals surface area (Å²) in [5.41, 5.74) is 24.6. The molecule has 1 N–H and O–H groups in total. The van der Waals surface area contributed by atoms with Crippen molar-refractivity contribution < 1.29 is 4.84 Å². The first-order valence-corrected chi connectivity index (χ1v) is 18.9. The predicted molar refractivity (Wildman–Crippen MR) is 227 cm³/mol. The average molecular weight is 722 g/mol. The number of benzene rings is 5. The van der Waals surface area contributed by atoms with E-state index in [4.69, 9.17) is 14.8 Å². The molecule has 0 unspecified atom stereocenters. The van der Waals surface area contributed by atoms with Crippen LogP contribution in [0.15, 0.2) is 121 Å². The summed E-state index contributed by atoms with van der Waals surface area (Å²) in [4.78, 5) is 18.1. The molecule has 0 saturated carbocycles. The summed E-state index contributed by atoms with van der Waals surface area (Å²) >= 11 is 0. The molecule has 0 saturated heterocycles. The first-order valence-electron chi connectivity index (χ1n) is 18.9. The van der Waals surface area contributed by atoms with Gasteiger partial charge in [-0.15, -0.1) is 0 Å². The third-order valence-corrected chi connectivity index (χ3v) is 10.9. The molecule has 7 aromatic rings. The molecule has 2 aromatic heterocycles. The number of aromatic nitrogens is 3. The van der Waals surface area contributed by atoms with E-state index in [9.17, 15) is 0 Å². The number of nitrogens with one attached hydrogen (secondary N) is 1. The van der Waals surface area contributed by atoms with Gasteiger partial charge < -0.3 is 9.47 Å². The van der Waals surface area contributed by atoms with Gasteiger partial charge in [0.25, 0.3) is 0 Å². The van der Waals surface area contributed by atoms with E-state index in [2.05, 4.69) is 174 Å². The third-order valence-electron chi connectivity index (χ3n) is 10.9. The lowest BCUT2D eigenvalue weighted by Crippen LogP contribution is -2.33. The van der Waals surface area contributed by atoms with Crippen molar-refractivity contribution in [3.63, 3.8) is 0 Å². The molecule has 1 aliphatic heterocycles. The number of aryl methyl sites for hydroxylation is 5. The number of hydrogen-bond donors (Lipinski definition) is 1. The van der Waals surface area contributed by atoms with Crippen LogP contribution >= 0.6 is 0 Å². The Morgan fingerprint density at radius 3 is 1.73 bits per heavy atom. The van der Waals surface area contributed by atoms with E-state index in [-0.39, 0.29) is 0 Å². The number of imidazole rings is 1. The molecule has 1 aliphatic rings. The Hall–Kier alpha value is -6.24. The minimum atomic E-state index is 0.445. The molecule has 5 aromatic carbocycles. The Morgan fingerprint density at radius 2 is 1.09 bits per heavy atom. The van der Waals surface area contributed by atoms with Crippen LogP contribution in [0.3, 0.4) is 0 Å². The second kappa shape index (κ2) is 14.5. The Morgan fingerprint density at radius 1 is 0.545 bits per heavy atom. The highest BCUT2D eigenvalue weighted by Gasteiger charge is 2.25. The smallest absolute Gasteiger partial charge is 0.146 e. The quantitative estimate of drug-likeness (QED) is 0.178. The highest BCUT2D eigenvalue weighted by Crippen LogP contribution is 2.42. The van der Waals surface area contributed by atoms with Crippen molar-refractivity contribution >= 4 is 11.4 Å². The van der Waals surface area contributed by atoms with Gasteiger partial charge in [0.05, 0.1) is 22.8 Å². The van der Waals surface area contributed by atoms with Gasteiger partial charge in [-0.3, -0.25) is 15.3 Å². The van der Waals surface area contributed by atoms with E-state index in [0.717, 1.165) is 67.8 Å². The molecule has 55 heavy (non-hydrogen) atoms. The molecule has 0 fully saturated rings. The van der Waals surface area contributed by atoms with Crippen molar-refractivity contribution in [2.75, 3.05) is 13.8 Å². The van der Waals surface area contributed by atoms with Crippen LogP contribution in [0.1, 0.15) is 44.8 Å². The van der Waals surface area contributed by atoms with Gasteiger partial charge in [0.2, 0.25) is 0 Å². The van der Waals surface area contributed by atoms with Gasteiger partial charge in [0, 0.05) is 58.9 Å². The highest BCUT2D eigenvalue weighted by molar-refractivity contribution is 5.91. The SMILES string of the molecule is Cc1cc(C)c(-c2ccc(-c3c(C)cc(C)c(-c4nc(-c5ccc(C6=C(c7ccccc7)NOCN6C)cc5)c(-c5ccccc5)n4C)c3C)cc2)c(C)n1. The van der Waals surface area contributed by atoms with Crippen molar-refractivity contribution in [3.8, 4) is 56.2 Å². The molecule has 0 radical (unpaired) electrons. The lowest BCUT2D eigenvalue weighted by molar-refractivity contribution is 0.0131. The minimum Gasteiger partial charge on any atom is -0.347 e. The van der Waals surface area contributed by atoms with E-state index < -0.39 is 0 Å². The average Bonchev–Trinajstić information content (AvgIpc) is 3.51. The molecule has 6 nitrogen and oxygen atoms in total. The van der Waals surface area contributed by atoms with Crippen LogP contribution in [0.2, 0.25) is 0 Å². The van der Waals surface area contributed by atoms with Gasteiger partial charge in [0.15, 0.2) is 0 Å². The van der Waals surface area contributed by atoms with Crippen LogP contribution in [-0.2, 0) is 11.9 Å². The molecular formula is C49H47N5O. The van der Waals surface area contributed by atoms with Crippen molar-refractivity contribution in [1.29, 1.82) is 0 Å². The van der Waals surface area contributed by atoms with Gasteiger partial charge in [-0.2, -0.15) is 0 Å². The second-order valence-electron chi connectivity index (χ2n) is 14.8. The summed E-state index contributed by atoms with van der Waals surface area (Å²) in [7, 11) is 4.21. The lowest BCUT2D eigenvalue weighted by atomic mass is 9.88. The maximum Gasteiger partial charge on any atom is 0.146 e. The highest BCUT2D eigenvalue weighted by atomic mass is 16.7. The van der Waals surface area contributed by atoms with Gasteiger partial charge >= 0.3 is 0 Å². The van der Waals surface area contributed by atoms with Crippen LogP contribution in [0.4, 0.5) is 0 Å². The zero-order valence-corrected chi connectivity index (χ0v) is 33.0. The molecule has 0 aliphatic carbocycles. The Bertz CT molecular complexity index is 2540. The molecular weight excluding hydrogens is 675 g/mol. The summed E-state index contributed by atoms with van der Waals surface area (Å²) in [6.45, 7) is 13.5. The second-order valence-corrected chi connectivity index (χ2v) is 14.8. The number of nitrogens with zero attached hydrogens (tertiary/aromatic N) is 4. The zero-order valence-electron chi connectivity index (χ0n) is 33.0. The zero-order chi connectivity index (χ0) is 38.4. The Kier molecular flexibility index (Phi) is 9.45. The fourth-order valence-corrected chi connectivity index (χ4v) is 8.54. The largest absolute Gasteiger partial charge is 0.347 e. The lowest BCUT2D eigenvalue weighted by Gasteiger charge is -2.31. The topological polar surface area (TPSA) is 55.2 Å². The molecule has 0 amide bonds.